The molecule has 7 nitrogen and oxygen atoms in total. The van der Waals surface area contributed by atoms with Crippen LogP contribution in [0.1, 0.15) is 38.4 Å². The van der Waals surface area contributed by atoms with Gasteiger partial charge in [-0.3, -0.25) is 5.10 Å². The van der Waals surface area contributed by atoms with Crippen molar-refractivity contribution in [2.75, 3.05) is 0 Å². The van der Waals surface area contributed by atoms with E-state index < -0.39 is 35.6 Å². The quantitative estimate of drug-likeness (QED) is 0.765. The van der Waals surface area contributed by atoms with Crippen molar-refractivity contribution >= 4 is 12.1 Å². The number of alkyl halides is 3. The summed E-state index contributed by atoms with van der Waals surface area (Å²) in [5, 5.41) is 16.3. The van der Waals surface area contributed by atoms with Gasteiger partial charge in [-0.15, -0.1) is 0 Å². The molecule has 0 spiro atoms. The third-order valence-corrected chi connectivity index (χ3v) is 2.69. The minimum Gasteiger partial charge on any atom is -0.480 e. The minimum absolute atomic E-state index is 0.172. The van der Waals surface area contributed by atoms with Crippen molar-refractivity contribution in [2.24, 2.45) is 0 Å². The van der Waals surface area contributed by atoms with Crippen LogP contribution in [0, 0.1) is 0 Å². The monoisotopic (exact) mass is 337 g/mol. The maximum absolute atomic E-state index is 12.7. The van der Waals surface area contributed by atoms with Crippen LogP contribution in [0.4, 0.5) is 18.0 Å². The number of aromatic amines is 1. The third-order valence-electron chi connectivity index (χ3n) is 2.69. The number of rotatable bonds is 5. The van der Waals surface area contributed by atoms with Crippen molar-refractivity contribution in [3.63, 3.8) is 0 Å². The van der Waals surface area contributed by atoms with Crippen molar-refractivity contribution in [2.45, 2.75) is 51.4 Å². The Kier molecular flexibility index (Phi) is 5.62. The molecular formula is C13H18F3N3O4. The van der Waals surface area contributed by atoms with Gasteiger partial charge in [-0.1, -0.05) is 0 Å². The van der Waals surface area contributed by atoms with Gasteiger partial charge < -0.3 is 15.2 Å². The second-order valence-electron chi connectivity index (χ2n) is 5.84. The van der Waals surface area contributed by atoms with Crippen LogP contribution in [-0.4, -0.2) is 39.0 Å². The van der Waals surface area contributed by atoms with Crippen LogP contribution in [0.2, 0.25) is 0 Å². The smallest absolute Gasteiger partial charge is 0.433 e. The molecule has 0 radical (unpaired) electrons. The minimum atomic E-state index is -4.61. The Hall–Kier alpha value is -2.26. The van der Waals surface area contributed by atoms with Crippen LogP contribution in [0.3, 0.4) is 0 Å². The number of hydrogen-bond acceptors (Lipinski definition) is 4. The zero-order valence-corrected chi connectivity index (χ0v) is 12.8. The third kappa shape index (κ3) is 6.17. The van der Waals surface area contributed by atoms with Crippen molar-refractivity contribution in [3.8, 4) is 0 Å². The van der Waals surface area contributed by atoms with E-state index >= 15 is 0 Å². The second kappa shape index (κ2) is 6.88. The molecule has 0 bridgehead atoms. The molecule has 0 aliphatic rings. The maximum Gasteiger partial charge on any atom is 0.433 e. The van der Waals surface area contributed by atoms with Gasteiger partial charge in [0.05, 0.1) is 6.20 Å². The Labute approximate surface area is 130 Å². The zero-order valence-electron chi connectivity index (χ0n) is 12.8. The number of halogens is 3. The molecule has 1 rings (SSSR count). The van der Waals surface area contributed by atoms with Gasteiger partial charge in [-0.05, 0) is 33.6 Å². The molecule has 130 valence electrons. The molecule has 0 aliphatic carbocycles. The van der Waals surface area contributed by atoms with Gasteiger partial charge in [-0.2, -0.15) is 18.3 Å². The van der Waals surface area contributed by atoms with Crippen LogP contribution in [-0.2, 0) is 22.1 Å². The molecule has 0 saturated carbocycles. The molecule has 0 saturated heterocycles. The summed E-state index contributed by atoms with van der Waals surface area (Å²) in [7, 11) is 0. The Balaban J connectivity index is 2.70. The Bertz CT molecular complexity index is 564. The number of carbonyl (C=O) groups excluding carboxylic acids is 1. The van der Waals surface area contributed by atoms with Crippen molar-refractivity contribution in [3.05, 3.63) is 17.5 Å². The summed E-state index contributed by atoms with van der Waals surface area (Å²) in [4.78, 5) is 22.7. The predicted octanol–water partition coefficient (Wildman–Crippen LogP) is 2.34. The standard InChI is InChI=1S/C13H18F3N3O4/c1-12(2,3)23-11(22)18-8(10(20)21)5-4-7-6-17-19-9(7)13(14,15)16/h6,8H,4-5H2,1-3H3,(H,17,19)(H,18,22)(H,20,21)/t8-/m1/s1. The number of aryl methyl sites for hydroxylation is 1. The number of amides is 1. The highest BCUT2D eigenvalue weighted by Crippen LogP contribution is 2.30. The first-order valence-corrected chi connectivity index (χ1v) is 6.72. The second-order valence-corrected chi connectivity index (χ2v) is 5.84. The summed E-state index contributed by atoms with van der Waals surface area (Å²) >= 11 is 0. The number of H-pyrrole nitrogens is 1. The van der Waals surface area contributed by atoms with Gasteiger partial charge in [0.2, 0.25) is 0 Å². The normalized spacial score (nSPS) is 13.5. The number of carboxylic acid groups (broad SMARTS) is 1. The number of alkyl carbamates (subject to hydrolysis) is 1. The topological polar surface area (TPSA) is 104 Å². The SMILES string of the molecule is CC(C)(C)OC(=O)N[C@H](CCc1cn[nH]c1C(F)(F)F)C(=O)O. The highest BCUT2D eigenvalue weighted by Gasteiger charge is 2.35. The molecule has 23 heavy (non-hydrogen) atoms. The fourth-order valence-electron chi connectivity index (χ4n) is 1.75. The number of nitrogens with zero attached hydrogens (tertiary/aromatic N) is 1. The number of carboxylic acids is 1. The van der Waals surface area contributed by atoms with E-state index in [1.807, 2.05) is 5.10 Å². The molecule has 10 heteroatoms. The Morgan fingerprint density at radius 2 is 2.00 bits per heavy atom. The molecule has 1 amide bonds. The molecule has 1 aromatic heterocycles. The van der Waals surface area contributed by atoms with Crippen molar-refractivity contribution in [1.29, 1.82) is 0 Å². The number of hydrogen-bond donors (Lipinski definition) is 3. The summed E-state index contributed by atoms with van der Waals surface area (Å²) in [5.41, 5.74) is -2.02. The largest absolute Gasteiger partial charge is 0.480 e. The van der Waals surface area contributed by atoms with E-state index in [-0.39, 0.29) is 18.4 Å². The predicted molar refractivity (Wildman–Crippen MR) is 72.7 cm³/mol. The van der Waals surface area contributed by atoms with Crippen LogP contribution >= 0.6 is 0 Å². The first-order chi connectivity index (χ1) is 10.4. The molecule has 0 fully saturated rings. The van der Waals surface area contributed by atoms with Gasteiger partial charge >= 0.3 is 18.2 Å². The number of carbonyl (C=O) groups is 2. The average Bonchev–Trinajstić information content (AvgIpc) is 2.79. The van der Waals surface area contributed by atoms with E-state index in [0.29, 0.717) is 0 Å². The van der Waals surface area contributed by atoms with E-state index in [0.717, 1.165) is 6.20 Å². The maximum atomic E-state index is 12.7. The van der Waals surface area contributed by atoms with Crippen LogP contribution in [0.25, 0.3) is 0 Å². The van der Waals surface area contributed by atoms with Crippen molar-refractivity contribution < 1.29 is 32.6 Å². The molecule has 1 heterocycles. The lowest BCUT2D eigenvalue weighted by atomic mass is 10.1. The summed E-state index contributed by atoms with van der Waals surface area (Å²) < 4.78 is 43.0. The van der Waals surface area contributed by atoms with Gasteiger partial charge in [0.15, 0.2) is 0 Å². The number of ether oxygens (including phenoxy) is 1. The van der Waals surface area contributed by atoms with E-state index in [4.69, 9.17) is 9.84 Å². The molecule has 1 atom stereocenters. The van der Waals surface area contributed by atoms with Gasteiger partial charge in [0.1, 0.15) is 17.3 Å². The summed E-state index contributed by atoms with van der Waals surface area (Å²) in [6, 6.07) is -1.37. The fourth-order valence-corrected chi connectivity index (χ4v) is 1.75. The lowest BCUT2D eigenvalue weighted by Crippen LogP contribution is -2.43. The van der Waals surface area contributed by atoms with Crippen LogP contribution in [0.5, 0.6) is 0 Å². The summed E-state index contributed by atoms with van der Waals surface area (Å²) in [5.74, 6) is -1.37. The first kappa shape index (κ1) is 18.8. The van der Waals surface area contributed by atoms with E-state index in [1.54, 1.807) is 20.8 Å². The highest BCUT2D eigenvalue weighted by atomic mass is 19.4. The van der Waals surface area contributed by atoms with Gasteiger partial charge in [0.25, 0.3) is 0 Å². The Morgan fingerprint density at radius 1 is 1.39 bits per heavy atom. The fraction of sp³-hybridized carbons (Fsp3) is 0.615. The first-order valence-electron chi connectivity index (χ1n) is 6.72. The molecular weight excluding hydrogens is 319 g/mol. The highest BCUT2D eigenvalue weighted by molar-refractivity contribution is 5.80. The number of aromatic nitrogens is 2. The molecule has 1 aromatic rings. The summed E-state index contributed by atoms with van der Waals surface area (Å²) in [6.45, 7) is 4.80. The molecule has 0 aromatic carbocycles. The summed E-state index contributed by atoms with van der Waals surface area (Å²) in [6.07, 6.45) is -5.04. The average molecular weight is 337 g/mol. The number of aliphatic carboxylic acids is 1. The lowest BCUT2D eigenvalue weighted by Gasteiger charge is -2.22. The Morgan fingerprint density at radius 3 is 2.48 bits per heavy atom. The number of nitrogens with one attached hydrogen (secondary N) is 2. The zero-order chi connectivity index (χ0) is 17.8. The molecule has 3 N–H and O–H groups in total. The van der Waals surface area contributed by atoms with Gasteiger partial charge in [-0.25, -0.2) is 9.59 Å². The van der Waals surface area contributed by atoms with Crippen molar-refractivity contribution in [1.82, 2.24) is 15.5 Å². The van der Waals surface area contributed by atoms with E-state index in [1.165, 1.54) is 0 Å². The molecule has 0 aliphatic heterocycles. The molecule has 0 unspecified atom stereocenters. The van der Waals surface area contributed by atoms with Gasteiger partial charge in [0, 0.05) is 5.56 Å². The van der Waals surface area contributed by atoms with E-state index in [2.05, 4.69) is 10.4 Å². The van der Waals surface area contributed by atoms with E-state index in [9.17, 15) is 22.8 Å². The van der Waals surface area contributed by atoms with Crippen LogP contribution < -0.4 is 5.32 Å². The van der Waals surface area contributed by atoms with Crippen LogP contribution in [0.15, 0.2) is 6.20 Å². The lowest BCUT2D eigenvalue weighted by molar-refractivity contribution is -0.141.